The van der Waals surface area contributed by atoms with Crippen LogP contribution in [0.5, 0.6) is 0 Å². The number of quaternary nitrogens is 1. The Morgan fingerprint density at radius 1 is 1.36 bits per heavy atom. The van der Waals surface area contributed by atoms with Gasteiger partial charge in [0, 0.05) is 6.66 Å². The molecule has 0 rings (SSSR count). The third-order valence-corrected chi connectivity index (χ3v) is 3.43. The van der Waals surface area contributed by atoms with E-state index in [4.69, 9.17) is 0 Å². The number of rotatable bonds is 5. The van der Waals surface area contributed by atoms with Gasteiger partial charge in [0.2, 0.25) is 0 Å². The van der Waals surface area contributed by atoms with Crippen molar-refractivity contribution in [3.63, 3.8) is 0 Å². The van der Waals surface area contributed by atoms with Crippen LogP contribution in [0.3, 0.4) is 0 Å². The third-order valence-electron chi connectivity index (χ3n) is 2.38. The molecule has 2 N–H and O–H groups in total. The highest BCUT2D eigenvalue weighted by Crippen LogP contribution is 2.37. The Kier molecular flexibility index (Phi) is 4.79. The summed E-state index contributed by atoms with van der Waals surface area (Å²) in [4.78, 5) is 9.19. The van der Waals surface area contributed by atoms with E-state index in [1.54, 1.807) is 0 Å². The Morgan fingerprint density at radius 3 is 2.00 bits per heavy atom. The molecule has 3 unspecified atom stereocenters. The van der Waals surface area contributed by atoms with E-state index in [0.29, 0.717) is 4.48 Å². The average Bonchev–Trinajstić information content (AvgIpc) is 1.79. The molecule has 86 valence electrons. The first-order chi connectivity index (χ1) is 6.08. The second kappa shape index (κ2) is 4.75. The maximum absolute atomic E-state index is 11.2. The van der Waals surface area contributed by atoms with Crippen LogP contribution in [-0.4, -0.2) is 60.6 Å². The normalized spacial score (nSPS) is 21.4. The molecule has 0 spiro atoms. The minimum Gasteiger partial charge on any atom is -0.386 e. The monoisotopic (exact) mass is 224 g/mol. The summed E-state index contributed by atoms with van der Waals surface area (Å²) in [6.07, 6.45) is 0.0759. The molecule has 0 fully saturated rings. The summed E-state index contributed by atoms with van der Waals surface area (Å²) in [6, 6.07) is 0.00965. The maximum Gasteiger partial charge on any atom is 0.200 e. The minimum atomic E-state index is -3.12. The van der Waals surface area contributed by atoms with Gasteiger partial charge in [-0.1, -0.05) is 6.92 Å². The summed E-state index contributed by atoms with van der Waals surface area (Å²) in [7, 11) is 2.83. The van der Waals surface area contributed by atoms with Crippen molar-refractivity contribution < 1.29 is 19.0 Å². The summed E-state index contributed by atoms with van der Waals surface area (Å²) in [5.41, 5.74) is 0. The van der Waals surface area contributed by atoms with Crippen LogP contribution in [0.2, 0.25) is 0 Å². The van der Waals surface area contributed by atoms with Gasteiger partial charge in [-0.15, -0.1) is 0 Å². The lowest BCUT2D eigenvalue weighted by atomic mass is 10.1. The van der Waals surface area contributed by atoms with Crippen molar-refractivity contribution in [1.82, 2.24) is 0 Å². The van der Waals surface area contributed by atoms with Crippen molar-refractivity contribution in [1.29, 1.82) is 0 Å². The SMILES string of the molecule is CCC(C(O)CP(C)(=O)O)[N+](C)(C)C. The van der Waals surface area contributed by atoms with E-state index < -0.39 is 13.5 Å². The molecule has 0 amide bonds. The quantitative estimate of drug-likeness (QED) is 0.534. The van der Waals surface area contributed by atoms with Crippen molar-refractivity contribution in [3.05, 3.63) is 0 Å². The van der Waals surface area contributed by atoms with Crippen molar-refractivity contribution >= 4 is 7.37 Å². The zero-order chi connectivity index (χ0) is 11.6. The molecule has 0 aromatic rings. The van der Waals surface area contributed by atoms with E-state index in [1.807, 2.05) is 28.1 Å². The van der Waals surface area contributed by atoms with Crippen LogP contribution < -0.4 is 0 Å². The van der Waals surface area contributed by atoms with Crippen molar-refractivity contribution in [2.75, 3.05) is 34.0 Å². The third kappa shape index (κ3) is 5.11. The molecule has 0 saturated heterocycles. The van der Waals surface area contributed by atoms with Gasteiger partial charge in [0.15, 0.2) is 7.37 Å². The van der Waals surface area contributed by atoms with Crippen LogP contribution in [0.4, 0.5) is 0 Å². The van der Waals surface area contributed by atoms with E-state index in [9.17, 15) is 14.6 Å². The lowest BCUT2D eigenvalue weighted by Gasteiger charge is -2.36. The van der Waals surface area contributed by atoms with E-state index in [-0.39, 0.29) is 12.2 Å². The molecule has 0 radical (unpaired) electrons. The average molecular weight is 224 g/mol. The smallest absolute Gasteiger partial charge is 0.200 e. The highest BCUT2D eigenvalue weighted by molar-refractivity contribution is 7.57. The molecule has 0 heterocycles. The predicted octanol–water partition coefficient (Wildman–Crippen LogP) is 0.732. The lowest BCUT2D eigenvalue weighted by Crippen LogP contribution is -2.52. The van der Waals surface area contributed by atoms with E-state index in [2.05, 4.69) is 0 Å². The molecule has 14 heavy (non-hydrogen) atoms. The summed E-state index contributed by atoms with van der Waals surface area (Å²) in [5, 5.41) is 9.83. The number of aliphatic hydroxyl groups is 1. The minimum absolute atomic E-state index is 0.00965. The van der Waals surface area contributed by atoms with Crippen LogP contribution in [0.1, 0.15) is 13.3 Å². The Labute approximate surface area is 86.6 Å². The van der Waals surface area contributed by atoms with Gasteiger partial charge < -0.3 is 14.5 Å². The molecule has 0 aromatic heterocycles. The van der Waals surface area contributed by atoms with Gasteiger partial charge in [-0.2, -0.15) is 0 Å². The summed E-state index contributed by atoms with van der Waals surface area (Å²) < 4.78 is 11.8. The van der Waals surface area contributed by atoms with Crippen molar-refractivity contribution in [3.8, 4) is 0 Å². The maximum atomic E-state index is 11.2. The molecular formula is C9H23NO3P+. The largest absolute Gasteiger partial charge is 0.386 e. The topological polar surface area (TPSA) is 57.5 Å². The number of likely N-dealkylation sites (N-methyl/N-ethyl adjacent to an activating group) is 1. The molecule has 3 atom stereocenters. The summed E-state index contributed by atoms with van der Waals surface area (Å²) >= 11 is 0. The van der Waals surface area contributed by atoms with E-state index in [0.717, 1.165) is 6.42 Å². The van der Waals surface area contributed by atoms with Gasteiger partial charge in [0.25, 0.3) is 0 Å². The van der Waals surface area contributed by atoms with Gasteiger partial charge in [0.1, 0.15) is 12.1 Å². The first-order valence-electron chi connectivity index (χ1n) is 4.86. The number of aliphatic hydroxyl groups excluding tert-OH is 1. The fourth-order valence-corrected chi connectivity index (χ4v) is 2.74. The Balaban J connectivity index is 4.49. The Morgan fingerprint density at radius 2 is 1.79 bits per heavy atom. The van der Waals surface area contributed by atoms with Crippen LogP contribution in [-0.2, 0) is 4.57 Å². The van der Waals surface area contributed by atoms with E-state index >= 15 is 0 Å². The second-order valence-electron chi connectivity index (χ2n) is 4.89. The summed E-state index contributed by atoms with van der Waals surface area (Å²) in [6.45, 7) is 3.27. The molecule has 0 aliphatic heterocycles. The zero-order valence-electron chi connectivity index (χ0n) is 9.77. The van der Waals surface area contributed by atoms with Crippen LogP contribution in [0, 0.1) is 0 Å². The molecule has 0 aromatic carbocycles. The predicted molar refractivity (Wildman–Crippen MR) is 58.7 cm³/mol. The molecule has 0 aliphatic rings. The molecule has 0 bridgehead atoms. The number of hydrogen-bond acceptors (Lipinski definition) is 2. The molecule has 4 nitrogen and oxygen atoms in total. The van der Waals surface area contributed by atoms with Crippen LogP contribution in [0.15, 0.2) is 0 Å². The molecule has 0 saturated carbocycles. The van der Waals surface area contributed by atoms with Crippen molar-refractivity contribution in [2.45, 2.75) is 25.5 Å². The van der Waals surface area contributed by atoms with Gasteiger partial charge in [-0.05, 0) is 6.42 Å². The first kappa shape index (κ1) is 14.1. The fourth-order valence-electron chi connectivity index (χ4n) is 1.80. The van der Waals surface area contributed by atoms with Gasteiger partial charge >= 0.3 is 0 Å². The number of hydrogen-bond donors (Lipinski definition) is 2. The zero-order valence-corrected chi connectivity index (χ0v) is 10.7. The fraction of sp³-hybridized carbons (Fsp3) is 1.00. The Bertz CT molecular complexity index is 219. The van der Waals surface area contributed by atoms with Crippen LogP contribution in [0.25, 0.3) is 0 Å². The van der Waals surface area contributed by atoms with Crippen LogP contribution >= 0.6 is 7.37 Å². The van der Waals surface area contributed by atoms with Gasteiger partial charge in [-0.25, -0.2) is 0 Å². The Hall–Kier alpha value is 0.110. The van der Waals surface area contributed by atoms with Crippen molar-refractivity contribution in [2.24, 2.45) is 0 Å². The van der Waals surface area contributed by atoms with Gasteiger partial charge in [0.05, 0.1) is 27.3 Å². The van der Waals surface area contributed by atoms with Gasteiger partial charge in [-0.3, -0.25) is 4.57 Å². The highest BCUT2D eigenvalue weighted by Gasteiger charge is 2.32. The summed E-state index contributed by atoms with van der Waals surface area (Å²) in [5.74, 6) is 0. The molecule has 0 aliphatic carbocycles. The first-order valence-corrected chi connectivity index (χ1v) is 7.15. The number of nitrogens with zero attached hydrogens (tertiary/aromatic N) is 1. The molecular weight excluding hydrogens is 201 g/mol. The highest BCUT2D eigenvalue weighted by atomic mass is 31.2. The molecule has 5 heteroatoms. The van der Waals surface area contributed by atoms with E-state index in [1.165, 1.54) is 6.66 Å². The lowest BCUT2D eigenvalue weighted by molar-refractivity contribution is -0.899. The second-order valence-corrected chi connectivity index (χ2v) is 7.36. The standard InChI is InChI=1S/C9H22NO3P/c1-6-8(10(2,3)4)9(11)7-14(5,12)13/h8-9,11H,6-7H2,1-5H3/p+1.